The van der Waals surface area contributed by atoms with Crippen LogP contribution in [0.5, 0.6) is 0 Å². The molecule has 20 heavy (non-hydrogen) atoms. The molecule has 0 atom stereocenters. The zero-order chi connectivity index (χ0) is 14.9. The lowest BCUT2D eigenvalue weighted by Crippen LogP contribution is -2.17. The first-order valence-corrected chi connectivity index (χ1v) is 7.12. The highest BCUT2D eigenvalue weighted by Crippen LogP contribution is 2.25. The van der Waals surface area contributed by atoms with Crippen LogP contribution in [0.3, 0.4) is 0 Å². The molecule has 0 saturated heterocycles. The number of hydrogen-bond acceptors (Lipinski definition) is 3. The molecule has 0 aliphatic carbocycles. The first-order valence-electron chi connectivity index (χ1n) is 5.64. The van der Waals surface area contributed by atoms with Crippen molar-refractivity contribution < 1.29 is 17.2 Å². The number of nitrogen functional groups attached to an aromatic ring is 1. The molecule has 3 N–H and O–H groups in total. The highest BCUT2D eigenvalue weighted by Gasteiger charge is 2.25. The maximum Gasteiger partial charge on any atom is 0.267 e. The number of halogens is 2. The zero-order valence-corrected chi connectivity index (χ0v) is 11.3. The van der Waals surface area contributed by atoms with Gasteiger partial charge >= 0.3 is 0 Å². The highest BCUT2D eigenvalue weighted by atomic mass is 32.2. The van der Waals surface area contributed by atoms with Gasteiger partial charge in [-0.1, -0.05) is 18.2 Å². The molecule has 0 amide bonds. The van der Waals surface area contributed by atoms with Gasteiger partial charge in [0.2, 0.25) is 0 Å². The first kappa shape index (κ1) is 14.3. The third kappa shape index (κ3) is 2.72. The first-order chi connectivity index (χ1) is 9.31. The molecule has 4 nitrogen and oxygen atoms in total. The average molecular weight is 298 g/mol. The number of aryl methyl sites for hydroxylation is 1. The van der Waals surface area contributed by atoms with Gasteiger partial charge in [-0.15, -0.1) is 0 Å². The summed E-state index contributed by atoms with van der Waals surface area (Å²) in [5.74, 6) is -2.47. The smallest absolute Gasteiger partial charge is 0.267 e. The maximum atomic E-state index is 13.7. The second-order valence-electron chi connectivity index (χ2n) is 4.23. The van der Waals surface area contributed by atoms with E-state index in [1.54, 1.807) is 25.1 Å². The van der Waals surface area contributed by atoms with E-state index < -0.39 is 26.6 Å². The number of sulfonamides is 1. The monoisotopic (exact) mass is 298 g/mol. The van der Waals surface area contributed by atoms with Gasteiger partial charge in [0.25, 0.3) is 10.0 Å². The van der Waals surface area contributed by atoms with Gasteiger partial charge in [-0.3, -0.25) is 4.72 Å². The Morgan fingerprint density at radius 2 is 1.65 bits per heavy atom. The molecular weight excluding hydrogens is 286 g/mol. The molecule has 0 aliphatic heterocycles. The summed E-state index contributed by atoms with van der Waals surface area (Å²) >= 11 is 0. The molecule has 0 fully saturated rings. The third-order valence-corrected chi connectivity index (χ3v) is 4.09. The summed E-state index contributed by atoms with van der Waals surface area (Å²) in [5.41, 5.74) is 5.95. The van der Waals surface area contributed by atoms with Gasteiger partial charge in [-0.05, 0) is 30.7 Å². The standard InChI is InChI=1S/C13H12F2N2O2S/c1-8-4-2-3-5-12(8)17-20(18,19)13-10(14)6-9(16)7-11(13)15/h2-7,17H,16H2,1H3. The van der Waals surface area contributed by atoms with E-state index >= 15 is 0 Å². The topological polar surface area (TPSA) is 72.2 Å². The van der Waals surface area contributed by atoms with Gasteiger partial charge in [0.15, 0.2) is 4.90 Å². The number of hydrogen-bond donors (Lipinski definition) is 2. The van der Waals surface area contributed by atoms with Crippen molar-refractivity contribution in [1.29, 1.82) is 0 Å². The lowest BCUT2D eigenvalue weighted by molar-refractivity contribution is 0.522. The minimum absolute atomic E-state index is 0.185. The van der Waals surface area contributed by atoms with E-state index in [9.17, 15) is 17.2 Å². The van der Waals surface area contributed by atoms with Crippen LogP contribution in [0.15, 0.2) is 41.3 Å². The van der Waals surface area contributed by atoms with Crippen LogP contribution in [0.1, 0.15) is 5.56 Å². The highest BCUT2D eigenvalue weighted by molar-refractivity contribution is 7.92. The van der Waals surface area contributed by atoms with Crippen molar-refractivity contribution in [3.8, 4) is 0 Å². The van der Waals surface area contributed by atoms with E-state index in [0.717, 1.165) is 12.1 Å². The fraction of sp³-hybridized carbons (Fsp3) is 0.0769. The molecule has 0 radical (unpaired) electrons. The third-order valence-electron chi connectivity index (χ3n) is 2.68. The number of para-hydroxylation sites is 1. The number of nitrogens with one attached hydrogen (secondary N) is 1. The Kier molecular flexibility index (Phi) is 3.63. The van der Waals surface area contributed by atoms with Gasteiger partial charge in [-0.25, -0.2) is 17.2 Å². The summed E-state index contributed by atoms with van der Waals surface area (Å²) in [6.07, 6.45) is 0. The Morgan fingerprint density at radius 3 is 2.20 bits per heavy atom. The molecule has 2 rings (SSSR count). The second-order valence-corrected chi connectivity index (χ2v) is 5.85. The second kappa shape index (κ2) is 5.09. The van der Waals surface area contributed by atoms with Crippen LogP contribution >= 0.6 is 0 Å². The van der Waals surface area contributed by atoms with Gasteiger partial charge < -0.3 is 5.73 Å². The lowest BCUT2D eigenvalue weighted by Gasteiger charge is -2.12. The molecule has 7 heteroatoms. The van der Waals surface area contributed by atoms with E-state index in [1.807, 2.05) is 0 Å². The average Bonchev–Trinajstić information content (AvgIpc) is 2.30. The van der Waals surface area contributed by atoms with Crippen molar-refractivity contribution in [3.05, 3.63) is 53.6 Å². The van der Waals surface area contributed by atoms with E-state index in [0.29, 0.717) is 5.56 Å². The van der Waals surface area contributed by atoms with Crippen LogP contribution in [0, 0.1) is 18.6 Å². The van der Waals surface area contributed by atoms with Crippen molar-refractivity contribution in [3.63, 3.8) is 0 Å². The fourth-order valence-corrected chi connectivity index (χ4v) is 2.97. The van der Waals surface area contributed by atoms with Crippen molar-refractivity contribution in [1.82, 2.24) is 0 Å². The Labute approximate surface area is 115 Å². The Morgan fingerprint density at radius 1 is 1.10 bits per heavy atom. The molecule has 2 aromatic rings. The quantitative estimate of drug-likeness (QED) is 0.856. The minimum atomic E-state index is -4.37. The molecule has 0 aliphatic rings. The molecule has 0 saturated carbocycles. The number of nitrogens with two attached hydrogens (primary N) is 1. The molecule has 106 valence electrons. The SMILES string of the molecule is Cc1ccccc1NS(=O)(=O)c1c(F)cc(N)cc1F. The van der Waals surface area contributed by atoms with Crippen LogP contribution in [-0.4, -0.2) is 8.42 Å². The summed E-state index contributed by atoms with van der Waals surface area (Å²) in [6, 6.07) is 8.02. The number of anilines is 2. The summed E-state index contributed by atoms with van der Waals surface area (Å²) in [5, 5.41) is 0. The predicted molar refractivity (Wildman–Crippen MR) is 72.8 cm³/mol. The minimum Gasteiger partial charge on any atom is -0.399 e. The van der Waals surface area contributed by atoms with Gasteiger partial charge in [-0.2, -0.15) is 0 Å². The van der Waals surface area contributed by atoms with Crippen molar-refractivity contribution in [2.75, 3.05) is 10.5 Å². The van der Waals surface area contributed by atoms with E-state index in [2.05, 4.69) is 4.72 Å². The summed E-state index contributed by atoms with van der Waals surface area (Å²) < 4.78 is 53.6. The Bertz CT molecular complexity index is 738. The van der Waals surface area contributed by atoms with E-state index in [1.165, 1.54) is 6.07 Å². The summed E-state index contributed by atoms with van der Waals surface area (Å²) in [6.45, 7) is 1.67. The molecule has 0 spiro atoms. The summed E-state index contributed by atoms with van der Waals surface area (Å²) in [4.78, 5) is -1.05. The maximum absolute atomic E-state index is 13.7. The molecule has 0 unspecified atom stereocenters. The molecule has 0 heterocycles. The van der Waals surface area contributed by atoms with E-state index in [-0.39, 0.29) is 11.4 Å². The fourth-order valence-electron chi connectivity index (χ4n) is 1.72. The van der Waals surface area contributed by atoms with E-state index in [4.69, 9.17) is 5.73 Å². The lowest BCUT2D eigenvalue weighted by atomic mass is 10.2. The van der Waals surface area contributed by atoms with Crippen LogP contribution in [0.25, 0.3) is 0 Å². The largest absolute Gasteiger partial charge is 0.399 e. The predicted octanol–water partition coefficient (Wildman–Crippen LogP) is 2.66. The molecule has 0 aromatic heterocycles. The van der Waals surface area contributed by atoms with Gasteiger partial charge in [0.05, 0.1) is 5.69 Å². The Hall–Kier alpha value is -2.15. The number of rotatable bonds is 3. The number of benzene rings is 2. The van der Waals surface area contributed by atoms with Gasteiger partial charge in [0.1, 0.15) is 11.6 Å². The van der Waals surface area contributed by atoms with Crippen molar-refractivity contribution >= 4 is 21.4 Å². The van der Waals surface area contributed by atoms with Crippen molar-refractivity contribution in [2.24, 2.45) is 0 Å². The van der Waals surface area contributed by atoms with Crippen LogP contribution in [0.4, 0.5) is 20.2 Å². The van der Waals surface area contributed by atoms with Crippen LogP contribution in [-0.2, 0) is 10.0 Å². The van der Waals surface area contributed by atoms with Crippen LogP contribution < -0.4 is 10.5 Å². The molecule has 0 bridgehead atoms. The van der Waals surface area contributed by atoms with Gasteiger partial charge in [0, 0.05) is 5.69 Å². The zero-order valence-electron chi connectivity index (χ0n) is 10.5. The van der Waals surface area contributed by atoms with Crippen molar-refractivity contribution in [2.45, 2.75) is 11.8 Å². The van der Waals surface area contributed by atoms with Crippen LogP contribution in [0.2, 0.25) is 0 Å². The molecule has 2 aromatic carbocycles. The normalized spacial score (nSPS) is 11.3. The summed E-state index contributed by atoms with van der Waals surface area (Å²) in [7, 11) is -4.37. The molecular formula is C13H12F2N2O2S. The Balaban J connectivity index is 2.50.